The van der Waals surface area contributed by atoms with Gasteiger partial charge in [0.15, 0.2) is 0 Å². The Kier molecular flexibility index (Phi) is 5.19. The van der Waals surface area contributed by atoms with Crippen molar-refractivity contribution in [3.63, 3.8) is 0 Å². The molecule has 0 aromatic rings. The Hall–Kier alpha value is 0.960. The van der Waals surface area contributed by atoms with Gasteiger partial charge in [0.25, 0.3) is 0 Å². The number of hydrogen-bond donors (Lipinski definition) is 0. The van der Waals surface area contributed by atoms with Gasteiger partial charge in [-0.15, -0.1) is 0 Å². The van der Waals surface area contributed by atoms with Crippen molar-refractivity contribution in [3.05, 3.63) is 0 Å². The first-order valence-electron chi connectivity index (χ1n) is 5.10. The molecular weight excluding hydrogens is 159 g/mol. The average molecular weight is 177 g/mol. The minimum atomic E-state index is 0. The molecule has 2 heteroatoms. The molecule has 0 aromatic carbocycles. The summed E-state index contributed by atoms with van der Waals surface area (Å²) in [6.45, 7) is 0. The zero-order valence-electron chi connectivity index (χ0n) is 8.22. The maximum atomic E-state index is 5.97. The molecule has 2 saturated carbocycles. The molecule has 0 saturated heterocycles. The Morgan fingerprint density at radius 3 is 1.33 bits per heavy atom. The van der Waals surface area contributed by atoms with Crippen molar-refractivity contribution in [1.82, 2.24) is 0 Å². The zero-order chi connectivity index (χ0) is 7.52. The summed E-state index contributed by atoms with van der Waals surface area (Å²) in [5.74, 6) is 0. The van der Waals surface area contributed by atoms with E-state index in [4.69, 9.17) is 4.74 Å². The van der Waals surface area contributed by atoms with Crippen LogP contribution in [0.15, 0.2) is 0 Å². The summed E-state index contributed by atoms with van der Waals surface area (Å²) in [5.41, 5.74) is 0. The van der Waals surface area contributed by atoms with E-state index in [-0.39, 0.29) is 29.6 Å². The fourth-order valence-corrected chi connectivity index (χ4v) is 2.32. The minimum absolute atomic E-state index is 0. The van der Waals surface area contributed by atoms with Crippen LogP contribution in [0.4, 0.5) is 0 Å². The molecule has 0 aromatic heterocycles. The smallest absolute Gasteiger partial charge is 0.0578 e. The maximum absolute atomic E-state index is 5.97. The SMILES string of the molecule is C1CCC(OC2CCCC2)C1.[Na]. The summed E-state index contributed by atoms with van der Waals surface area (Å²) in [7, 11) is 0. The molecule has 0 unspecified atom stereocenters. The van der Waals surface area contributed by atoms with Crippen molar-refractivity contribution < 1.29 is 4.74 Å². The van der Waals surface area contributed by atoms with Crippen LogP contribution in [0, 0.1) is 0 Å². The molecule has 1 radical (unpaired) electrons. The summed E-state index contributed by atoms with van der Waals surface area (Å²) in [6.07, 6.45) is 12.2. The number of hydrogen-bond acceptors (Lipinski definition) is 1. The van der Waals surface area contributed by atoms with Crippen molar-refractivity contribution in [2.45, 2.75) is 63.6 Å². The van der Waals surface area contributed by atoms with Crippen molar-refractivity contribution in [2.24, 2.45) is 0 Å². The standard InChI is InChI=1S/C10H18O.Na/c1-2-6-9(5-1)11-10-7-3-4-8-10;/h9-10H,1-8H2;. The van der Waals surface area contributed by atoms with Gasteiger partial charge in [-0.2, -0.15) is 0 Å². The van der Waals surface area contributed by atoms with Crippen LogP contribution in [0.25, 0.3) is 0 Å². The third-order valence-corrected chi connectivity index (χ3v) is 2.99. The molecule has 65 valence electrons. The van der Waals surface area contributed by atoms with E-state index in [9.17, 15) is 0 Å². The fourth-order valence-electron chi connectivity index (χ4n) is 2.32. The van der Waals surface area contributed by atoms with Crippen molar-refractivity contribution >= 4 is 29.6 Å². The Balaban J connectivity index is 0.000000720. The van der Waals surface area contributed by atoms with Crippen LogP contribution in [0.5, 0.6) is 0 Å². The van der Waals surface area contributed by atoms with Gasteiger partial charge >= 0.3 is 0 Å². The van der Waals surface area contributed by atoms with Gasteiger partial charge in [0.2, 0.25) is 0 Å². The Morgan fingerprint density at radius 2 is 1.00 bits per heavy atom. The number of ether oxygens (including phenoxy) is 1. The molecule has 2 rings (SSSR count). The second-order valence-corrected chi connectivity index (χ2v) is 3.95. The second-order valence-electron chi connectivity index (χ2n) is 3.95. The Labute approximate surface area is 97.5 Å². The minimum Gasteiger partial charge on any atom is -0.375 e. The molecule has 0 spiro atoms. The third kappa shape index (κ3) is 3.02. The van der Waals surface area contributed by atoms with E-state index in [1.165, 1.54) is 51.4 Å². The Bertz CT molecular complexity index is 101. The van der Waals surface area contributed by atoms with E-state index in [0.717, 1.165) is 0 Å². The van der Waals surface area contributed by atoms with Gasteiger partial charge in [-0.3, -0.25) is 0 Å². The first kappa shape index (κ1) is 11.0. The fraction of sp³-hybridized carbons (Fsp3) is 1.00. The molecule has 0 amide bonds. The van der Waals surface area contributed by atoms with E-state index in [0.29, 0.717) is 12.2 Å². The van der Waals surface area contributed by atoms with E-state index < -0.39 is 0 Å². The van der Waals surface area contributed by atoms with Crippen LogP contribution in [-0.4, -0.2) is 41.8 Å². The molecule has 12 heavy (non-hydrogen) atoms. The maximum Gasteiger partial charge on any atom is 0.0578 e. The van der Waals surface area contributed by atoms with Crippen molar-refractivity contribution in [2.75, 3.05) is 0 Å². The molecule has 0 N–H and O–H groups in total. The molecule has 0 bridgehead atoms. The average Bonchev–Trinajstić information content (AvgIpc) is 2.60. The molecule has 2 fully saturated rings. The Morgan fingerprint density at radius 1 is 0.667 bits per heavy atom. The first-order chi connectivity index (χ1) is 5.45. The van der Waals surface area contributed by atoms with Gasteiger partial charge in [-0.1, -0.05) is 25.7 Å². The molecule has 2 aliphatic carbocycles. The third-order valence-electron chi connectivity index (χ3n) is 2.99. The van der Waals surface area contributed by atoms with Crippen LogP contribution in [0.2, 0.25) is 0 Å². The van der Waals surface area contributed by atoms with E-state index >= 15 is 0 Å². The largest absolute Gasteiger partial charge is 0.375 e. The second kappa shape index (κ2) is 5.64. The monoisotopic (exact) mass is 177 g/mol. The summed E-state index contributed by atoms with van der Waals surface area (Å²) in [5, 5.41) is 0. The van der Waals surface area contributed by atoms with Crippen molar-refractivity contribution in [1.29, 1.82) is 0 Å². The van der Waals surface area contributed by atoms with Crippen LogP contribution in [0.1, 0.15) is 51.4 Å². The summed E-state index contributed by atoms with van der Waals surface area (Å²) in [6, 6.07) is 0. The van der Waals surface area contributed by atoms with E-state index in [2.05, 4.69) is 0 Å². The van der Waals surface area contributed by atoms with E-state index in [1.54, 1.807) is 0 Å². The molecule has 0 atom stereocenters. The van der Waals surface area contributed by atoms with E-state index in [1.807, 2.05) is 0 Å². The number of rotatable bonds is 2. The molecular formula is C10H18NaO. The van der Waals surface area contributed by atoms with Crippen LogP contribution in [-0.2, 0) is 4.74 Å². The van der Waals surface area contributed by atoms with Gasteiger partial charge < -0.3 is 4.74 Å². The summed E-state index contributed by atoms with van der Waals surface area (Å²) >= 11 is 0. The summed E-state index contributed by atoms with van der Waals surface area (Å²) in [4.78, 5) is 0. The van der Waals surface area contributed by atoms with Crippen LogP contribution < -0.4 is 0 Å². The van der Waals surface area contributed by atoms with Crippen LogP contribution in [0.3, 0.4) is 0 Å². The normalized spacial score (nSPS) is 26.0. The quantitative estimate of drug-likeness (QED) is 0.589. The van der Waals surface area contributed by atoms with Gasteiger partial charge in [-0.25, -0.2) is 0 Å². The van der Waals surface area contributed by atoms with Gasteiger partial charge in [0.1, 0.15) is 0 Å². The predicted molar refractivity (Wildman–Crippen MR) is 51.4 cm³/mol. The zero-order valence-corrected chi connectivity index (χ0v) is 10.2. The van der Waals surface area contributed by atoms with Crippen molar-refractivity contribution in [3.8, 4) is 0 Å². The molecule has 2 aliphatic rings. The van der Waals surface area contributed by atoms with Crippen LogP contribution >= 0.6 is 0 Å². The summed E-state index contributed by atoms with van der Waals surface area (Å²) < 4.78 is 5.97. The predicted octanol–water partition coefficient (Wildman–Crippen LogP) is 2.51. The van der Waals surface area contributed by atoms with Gasteiger partial charge in [0.05, 0.1) is 12.2 Å². The topological polar surface area (TPSA) is 9.23 Å². The van der Waals surface area contributed by atoms with Gasteiger partial charge in [-0.05, 0) is 25.7 Å². The first-order valence-corrected chi connectivity index (χ1v) is 5.10. The van der Waals surface area contributed by atoms with Gasteiger partial charge in [0, 0.05) is 29.6 Å². The molecule has 1 nitrogen and oxygen atoms in total. The molecule has 0 aliphatic heterocycles. The molecule has 0 heterocycles.